The highest BCUT2D eigenvalue weighted by molar-refractivity contribution is 5.95. The van der Waals surface area contributed by atoms with Crippen LogP contribution in [0.5, 0.6) is 5.75 Å². The number of nitrogens with zero attached hydrogens (tertiary/aromatic N) is 1. The number of amides is 1. The Bertz CT molecular complexity index is 674. The van der Waals surface area contributed by atoms with E-state index in [4.69, 9.17) is 10.5 Å². The van der Waals surface area contributed by atoms with Crippen molar-refractivity contribution < 1.29 is 9.53 Å². The number of H-pyrrole nitrogens is 1. The molecule has 5 heteroatoms. The van der Waals surface area contributed by atoms with E-state index in [0.29, 0.717) is 18.7 Å². The maximum Gasteiger partial charge on any atom is 0.267 e. The van der Waals surface area contributed by atoms with Gasteiger partial charge >= 0.3 is 0 Å². The lowest BCUT2D eigenvalue weighted by Gasteiger charge is -2.12. The highest BCUT2D eigenvalue weighted by Gasteiger charge is 2.25. The Morgan fingerprint density at radius 2 is 2.11 bits per heavy atom. The normalized spacial score (nSPS) is 13.2. The maximum atomic E-state index is 11.4. The second-order valence-corrected chi connectivity index (χ2v) is 4.79. The lowest BCUT2D eigenvalue weighted by atomic mass is 9.97. The van der Waals surface area contributed by atoms with Gasteiger partial charge in [0, 0.05) is 17.5 Å². The van der Waals surface area contributed by atoms with Crippen LogP contribution in [0.2, 0.25) is 0 Å². The fourth-order valence-electron chi connectivity index (χ4n) is 2.54. The summed E-state index contributed by atoms with van der Waals surface area (Å²) in [6.45, 7) is 4.53. The van der Waals surface area contributed by atoms with Gasteiger partial charge in [0.1, 0.15) is 17.1 Å². The molecule has 1 amide bonds. The van der Waals surface area contributed by atoms with Crippen molar-refractivity contribution in [3.8, 4) is 17.0 Å². The lowest BCUT2D eigenvalue weighted by molar-refractivity contribution is 0.0994. The van der Waals surface area contributed by atoms with Crippen LogP contribution in [-0.2, 0) is 6.42 Å². The number of aromatic nitrogens is 2. The molecule has 19 heavy (non-hydrogen) atoms. The van der Waals surface area contributed by atoms with Gasteiger partial charge in [0.15, 0.2) is 0 Å². The third-order valence-corrected chi connectivity index (χ3v) is 3.51. The predicted octanol–water partition coefficient (Wildman–Crippen LogP) is 1.73. The average molecular weight is 257 g/mol. The quantitative estimate of drug-likeness (QED) is 0.816. The Labute approximate surface area is 110 Å². The molecule has 98 valence electrons. The van der Waals surface area contributed by atoms with Gasteiger partial charge < -0.3 is 10.5 Å². The largest absolute Gasteiger partial charge is 0.492 e. The van der Waals surface area contributed by atoms with Crippen LogP contribution in [0.1, 0.15) is 27.2 Å². The molecule has 1 aliphatic heterocycles. The molecule has 1 aromatic heterocycles. The van der Waals surface area contributed by atoms with E-state index in [1.54, 1.807) is 0 Å². The summed E-state index contributed by atoms with van der Waals surface area (Å²) in [5.74, 6) is 0.365. The van der Waals surface area contributed by atoms with Gasteiger partial charge in [0.2, 0.25) is 0 Å². The molecule has 0 radical (unpaired) electrons. The van der Waals surface area contributed by atoms with Gasteiger partial charge in [-0.05, 0) is 25.0 Å². The van der Waals surface area contributed by atoms with E-state index in [1.807, 2.05) is 26.0 Å². The van der Waals surface area contributed by atoms with Crippen molar-refractivity contribution in [2.24, 2.45) is 5.73 Å². The number of ether oxygens (including phenoxy) is 1. The first-order valence-corrected chi connectivity index (χ1v) is 6.20. The van der Waals surface area contributed by atoms with Crippen LogP contribution >= 0.6 is 0 Å². The van der Waals surface area contributed by atoms with Crippen LogP contribution in [0, 0.1) is 13.8 Å². The zero-order valence-corrected chi connectivity index (χ0v) is 10.9. The number of hydrogen-bond donors (Lipinski definition) is 2. The smallest absolute Gasteiger partial charge is 0.267 e. The van der Waals surface area contributed by atoms with E-state index in [2.05, 4.69) is 10.2 Å². The lowest BCUT2D eigenvalue weighted by Crippen LogP contribution is -2.14. The number of primary amides is 1. The van der Waals surface area contributed by atoms with Crippen molar-refractivity contribution in [1.82, 2.24) is 10.2 Å². The monoisotopic (exact) mass is 257 g/mol. The van der Waals surface area contributed by atoms with Gasteiger partial charge in [-0.15, -0.1) is 0 Å². The molecule has 5 nitrogen and oxygen atoms in total. The summed E-state index contributed by atoms with van der Waals surface area (Å²) in [7, 11) is 0. The Morgan fingerprint density at radius 3 is 2.84 bits per heavy atom. The Morgan fingerprint density at radius 1 is 1.37 bits per heavy atom. The van der Waals surface area contributed by atoms with Gasteiger partial charge in [-0.3, -0.25) is 9.89 Å². The molecule has 2 aromatic rings. The summed E-state index contributed by atoms with van der Waals surface area (Å²) in [6.07, 6.45) is 0.623. The van der Waals surface area contributed by atoms with Crippen LogP contribution in [0.4, 0.5) is 0 Å². The minimum absolute atomic E-state index is 0.382. The molecule has 2 heterocycles. The van der Waals surface area contributed by atoms with Crippen LogP contribution in [-0.4, -0.2) is 22.7 Å². The molecule has 0 saturated carbocycles. The van der Waals surface area contributed by atoms with Gasteiger partial charge in [0.05, 0.1) is 6.61 Å². The van der Waals surface area contributed by atoms with Crippen molar-refractivity contribution in [3.05, 3.63) is 34.5 Å². The molecule has 0 aliphatic carbocycles. The van der Waals surface area contributed by atoms with Gasteiger partial charge in [-0.1, -0.05) is 12.1 Å². The molecule has 0 saturated heterocycles. The molecule has 0 bridgehead atoms. The Balaban J connectivity index is 2.31. The number of benzene rings is 1. The number of aryl methyl sites for hydroxylation is 2. The minimum Gasteiger partial charge on any atom is -0.492 e. The van der Waals surface area contributed by atoms with E-state index in [-0.39, 0.29) is 0 Å². The SMILES string of the molecule is Cc1ccc(C)c2c1OCCc1c-2n[nH]c1C(N)=O. The summed E-state index contributed by atoms with van der Waals surface area (Å²) in [4.78, 5) is 11.4. The van der Waals surface area contributed by atoms with Crippen molar-refractivity contribution in [3.63, 3.8) is 0 Å². The first kappa shape index (κ1) is 11.8. The molecular formula is C14H15N3O2. The van der Waals surface area contributed by atoms with Crippen LogP contribution in [0.3, 0.4) is 0 Å². The molecule has 3 rings (SSSR count). The first-order valence-electron chi connectivity index (χ1n) is 6.20. The molecule has 0 unspecified atom stereocenters. The van der Waals surface area contributed by atoms with E-state index < -0.39 is 5.91 Å². The zero-order chi connectivity index (χ0) is 13.6. The fourth-order valence-corrected chi connectivity index (χ4v) is 2.54. The highest BCUT2D eigenvalue weighted by atomic mass is 16.5. The second-order valence-electron chi connectivity index (χ2n) is 4.79. The number of carbonyl (C=O) groups is 1. The third-order valence-electron chi connectivity index (χ3n) is 3.51. The molecule has 3 N–H and O–H groups in total. The summed E-state index contributed by atoms with van der Waals surface area (Å²) >= 11 is 0. The summed E-state index contributed by atoms with van der Waals surface area (Å²) in [6, 6.07) is 4.06. The molecule has 1 aliphatic rings. The number of rotatable bonds is 1. The van der Waals surface area contributed by atoms with Gasteiger partial charge in [0.25, 0.3) is 5.91 Å². The molecule has 0 spiro atoms. The summed E-state index contributed by atoms with van der Waals surface area (Å²) in [5, 5.41) is 7.03. The number of nitrogens with one attached hydrogen (secondary N) is 1. The van der Waals surface area contributed by atoms with E-state index in [1.165, 1.54) is 0 Å². The van der Waals surface area contributed by atoms with E-state index in [9.17, 15) is 4.79 Å². The molecule has 0 fully saturated rings. The van der Waals surface area contributed by atoms with Crippen molar-refractivity contribution in [2.45, 2.75) is 20.3 Å². The van der Waals surface area contributed by atoms with Crippen molar-refractivity contribution in [1.29, 1.82) is 0 Å². The topological polar surface area (TPSA) is 81.0 Å². The zero-order valence-electron chi connectivity index (χ0n) is 10.9. The fraction of sp³-hybridized carbons (Fsp3) is 0.286. The molecule has 0 atom stereocenters. The molecule has 1 aromatic carbocycles. The summed E-state index contributed by atoms with van der Waals surface area (Å²) in [5.41, 5.74) is 10.5. The second kappa shape index (κ2) is 4.12. The van der Waals surface area contributed by atoms with Gasteiger partial charge in [-0.2, -0.15) is 5.10 Å². The van der Waals surface area contributed by atoms with Crippen molar-refractivity contribution in [2.75, 3.05) is 6.61 Å². The molecular weight excluding hydrogens is 242 g/mol. The Hall–Kier alpha value is -2.30. The van der Waals surface area contributed by atoms with Gasteiger partial charge in [-0.25, -0.2) is 0 Å². The van der Waals surface area contributed by atoms with Crippen molar-refractivity contribution >= 4 is 5.91 Å². The van der Waals surface area contributed by atoms with E-state index >= 15 is 0 Å². The summed E-state index contributed by atoms with van der Waals surface area (Å²) < 4.78 is 5.83. The maximum absolute atomic E-state index is 11.4. The Kier molecular flexibility index (Phi) is 2.55. The van der Waals surface area contributed by atoms with Crippen LogP contribution in [0.25, 0.3) is 11.3 Å². The number of fused-ring (bicyclic) bond motifs is 3. The van der Waals surface area contributed by atoms with Crippen LogP contribution in [0.15, 0.2) is 12.1 Å². The highest BCUT2D eigenvalue weighted by Crippen LogP contribution is 2.39. The number of nitrogens with two attached hydrogens (primary N) is 1. The van der Waals surface area contributed by atoms with Crippen LogP contribution < -0.4 is 10.5 Å². The number of hydrogen-bond acceptors (Lipinski definition) is 3. The standard InChI is InChI=1S/C14H15N3O2/c1-7-3-4-8(2)13-10(7)11-9(5-6-19-13)12(14(15)18)17-16-11/h3-4H,5-6H2,1-2H3,(H2,15,18)(H,16,17). The number of aromatic amines is 1. The minimum atomic E-state index is -0.484. The number of carbonyl (C=O) groups excluding carboxylic acids is 1. The average Bonchev–Trinajstić information content (AvgIpc) is 2.68. The van der Waals surface area contributed by atoms with E-state index in [0.717, 1.165) is 33.7 Å². The first-order chi connectivity index (χ1) is 9.09. The third kappa shape index (κ3) is 1.69. The predicted molar refractivity (Wildman–Crippen MR) is 71.2 cm³/mol.